The summed E-state index contributed by atoms with van der Waals surface area (Å²) >= 11 is 0. The SMILES string of the molecule is C=S(CC(C)(C=O)CCCC)c1ccc(C)cc1Cc1ccc(OC)cc1. The molecule has 2 aromatic rings. The van der Waals surface area contributed by atoms with E-state index in [1.54, 1.807) is 7.11 Å². The summed E-state index contributed by atoms with van der Waals surface area (Å²) in [6.07, 6.45) is 5.14. The number of rotatable bonds is 10. The van der Waals surface area contributed by atoms with Crippen LogP contribution in [0.1, 0.15) is 49.8 Å². The smallest absolute Gasteiger partial charge is 0.126 e. The topological polar surface area (TPSA) is 26.3 Å². The molecule has 0 aromatic heterocycles. The zero-order valence-corrected chi connectivity index (χ0v) is 17.9. The van der Waals surface area contributed by atoms with Crippen LogP contribution in [0.25, 0.3) is 0 Å². The van der Waals surface area contributed by atoms with Gasteiger partial charge >= 0.3 is 0 Å². The molecule has 0 bridgehead atoms. The van der Waals surface area contributed by atoms with E-state index in [0.717, 1.165) is 43.5 Å². The van der Waals surface area contributed by atoms with Crippen LogP contribution in [0.5, 0.6) is 5.75 Å². The lowest BCUT2D eigenvalue weighted by Crippen LogP contribution is -2.22. The highest BCUT2D eigenvalue weighted by Crippen LogP contribution is 2.37. The fraction of sp³-hybridized carbons (Fsp3) is 0.417. The van der Waals surface area contributed by atoms with E-state index in [1.807, 2.05) is 12.1 Å². The monoisotopic (exact) mass is 384 g/mol. The van der Waals surface area contributed by atoms with E-state index in [9.17, 15) is 4.79 Å². The van der Waals surface area contributed by atoms with Gasteiger partial charge in [-0.05, 0) is 49.1 Å². The number of benzene rings is 2. The highest BCUT2D eigenvalue weighted by molar-refractivity contribution is 8.14. The Morgan fingerprint density at radius 3 is 2.48 bits per heavy atom. The van der Waals surface area contributed by atoms with Gasteiger partial charge in [-0.1, -0.05) is 62.4 Å². The molecule has 27 heavy (non-hydrogen) atoms. The van der Waals surface area contributed by atoms with Gasteiger partial charge in [0.25, 0.3) is 0 Å². The van der Waals surface area contributed by atoms with Crippen LogP contribution in [0.2, 0.25) is 0 Å². The summed E-state index contributed by atoms with van der Waals surface area (Å²) in [6.45, 7) is 6.37. The molecular weight excluding hydrogens is 352 g/mol. The van der Waals surface area contributed by atoms with Crippen molar-refractivity contribution in [2.24, 2.45) is 5.41 Å². The zero-order valence-electron chi connectivity index (χ0n) is 17.1. The first-order chi connectivity index (χ1) is 12.9. The molecule has 0 aliphatic rings. The van der Waals surface area contributed by atoms with E-state index >= 15 is 0 Å². The Hall–Kier alpha value is -1.87. The minimum absolute atomic E-state index is 0.212. The van der Waals surface area contributed by atoms with Crippen LogP contribution in [0.15, 0.2) is 47.4 Å². The molecule has 0 aliphatic heterocycles. The number of ether oxygens (including phenoxy) is 1. The molecule has 2 atom stereocenters. The molecule has 0 heterocycles. The molecule has 2 aromatic carbocycles. The normalized spacial score (nSPS) is 14.4. The van der Waals surface area contributed by atoms with Crippen molar-refractivity contribution in [2.75, 3.05) is 12.9 Å². The molecule has 0 aliphatic carbocycles. The fourth-order valence-corrected chi connectivity index (χ4v) is 5.24. The summed E-state index contributed by atoms with van der Waals surface area (Å²) in [6, 6.07) is 14.9. The van der Waals surface area contributed by atoms with Crippen molar-refractivity contribution in [1.82, 2.24) is 0 Å². The summed E-state index contributed by atoms with van der Waals surface area (Å²) < 4.78 is 5.26. The Labute approximate surface area is 166 Å². The summed E-state index contributed by atoms with van der Waals surface area (Å²) in [7, 11) is 1.47. The number of methoxy groups -OCH3 is 1. The van der Waals surface area contributed by atoms with Gasteiger partial charge in [0.1, 0.15) is 12.0 Å². The average Bonchev–Trinajstić information content (AvgIpc) is 2.67. The Morgan fingerprint density at radius 2 is 1.89 bits per heavy atom. The molecule has 3 heteroatoms. The van der Waals surface area contributed by atoms with Gasteiger partial charge in [-0.25, -0.2) is 0 Å². The zero-order chi connectivity index (χ0) is 19.9. The third kappa shape index (κ3) is 6.07. The first kappa shape index (κ1) is 21.4. The van der Waals surface area contributed by atoms with Crippen LogP contribution in [-0.2, 0) is 11.2 Å². The highest BCUT2D eigenvalue weighted by atomic mass is 32.2. The van der Waals surface area contributed by atoms with E-state index in [-0.39, 0.29) is 15.9 Å². The van der Waals surface area contributed by atoms with Gasteiger partial charge in [0, 0.05) is 16.1 Å². The molecule has 2 rings (SSSR count). The maximum Gasteiger partial charge on any atom is 0.126 e. The average molecular weight is 385 g/mol. The van der Waals surface area contributed by atoms with Crippen molar-refractivity contribution < 1.29 is 9.53 Å². The van der Waals surface area contributed by atoms with Gasteiger partial charge in [0.15, 0.2) is 0 Å². The number of unbranched alkanes of at least 4 members (excludes halogenated alkanes) is 1. The minimum Gasteiger partial charge on any atom is -0.497 e. The number of carbonyl (C=O) groups is 1. The van der Waals surface area contributed by atoms with E-state index in [1.165, 1.54) is 21.6 Å². The Kier molecular flexibility index (Phi) is 7.85. The van der Waals surface area contributed by atoms with E-state index < -0.39 is 0 Å². The van der Waals surface area contributed by atoms with Crippen LogP contribution < -0.4 is 4.74 Å². The highest BCUT2D eigenvalue weighted by Gasteiger charge is 2.24. The van der Waals surface area contributed by atoms with Gasteiger partial charge in [0.2, 0.25) is 0 Å². The Morgan fingerprint density at radius 1 is 1.19 bits per heavy atom. The molecule has 2 unspecified atom stereocenters. The minimum atomic E-state index is -0.289. The van der Waals surface area contributed by atoms with Crippen molar-refractivity contribution in [2.45, 2.75) is 51.3 Å². The fourth-order valence-electron chi connectivity index (χ4n) is 3.31. The summed E-state index contributed by atoms with van der Waals surface area (Å²) in [5, 5.41) is 0. The van der Waals surface area contributed by atoms with E-state index in [0.29, 0.717) is 0 Å². The second kappa shape index (κ2) is 9.89. The van der Waals surface area contributed by atoms with Gasteiger partial charge in [-0.15, -0.1) is 0 Å². The van der Waals surface area contributed by atoms with Gasteiger partial charge < -0.3 is 9.53 Å². The van der Waals surface area contributed by atoms with E-state index in [4.69, 9.17) is 4.74 Å². The lowest BCUT2D eigenvalue weighted by atomic mass is 9.89. The molecule has 0 radical (unpaired) electrons. The largest absolute Gasteiger partial charge is 0.497 e. The molecular formula is C24H32O2S. The number of hydrogen-bond donors (Lipinski definition) is 0. The maximum absolute atomic E-state index is 11.8. The van der Waals surface area contributed by atoms with Crippen molar-refractivity contribution in [3.63, 3.8) is 0 Å². The van der Waals surface area contributed by atoms with Crippen LogP contribution in [0.3, 0.4) is 0 Å². The first-order valence-corrected chi connectivity index (χ1v) is 11.2. The molecule has 0 spiro atoms. The second-order valence-corrected chi connectivity index (χ2v) is 9.36. The summed E-state index contributed by atoms with van der Waals surface area (Å²) in [5.41, 5.74) is 3.53. The lowest BCUT2D eigenvalue weighted by molar-refractivity contribution is -0.114. The Balaban J connectivity index is 2.25. The molecule has 0 fully saturated rings. The van der Waals surface area contributed by atoms with Gasteiger partial charge in [0.05, 0.1) is 7.11 Å². The predicted molar refractivity (Wildman–Crippen MR) is 119 cm³/mol. The lowest BCUT2D eigenvalue weighted by Gasteiger charge is -2.26. The standard InChI is InChI=1S/C24H32O2S/c1-6-7-14-24(3,17-25)18-27(5)23-13-8-19(2)15-21(23)16-20-9-11-22(26-4)12-10-20/h8-13,15,17H,5-7,14,16,18H2,1-4H3. The van der Waals surface area contributed by atoms with Crippen molar-refractivity contribution in [3.05, 3.63) is 59.2 Å². The first-order valence-electron chi connectivity index (χ1n) is 9.60. The molecule has 0 saturated heterocycles. The molecule has 0 saturated carbocycles. The number of carbonyl (C=O) groups excluding carboxylic acids is 1. The number of hydrogen-bond acceptors (Lipinski definition) is 2. The van der Waals surface area contributed by atoms with Crippen LogP contribution in [0, 0.1) is 12.3 Å². The second-order valence-electron chi connectivity index (χ2n) is 7.65. The summed E-state index contributed by atoms with van der Waals surface area (Å²) in [5.74, 6) is 6.15. The maximum atomic E-state index is 11.8. The van der Waals surface area contributed by atoms with Crippen molar-refractivity contribution in [3.8, 4) is 5.75 Å². The third-order valence-electron chi connectivity index (χ3n) is 4.97. The van der Waals surface area contributed by atoms with E-state index in [2.05, 4.69) is 57.0 Å². The van der Waals surface area contributed by atoms with Gasteiger partial charge in [-0.3, -0.25) is 0 Å². The van der Waals surface area contributed by atoms with Crippen LogP contribution in [-0.4, -0.2) is 25.0 Å². The number of aryl methyl sites for hydroxylation is 1. The molecule has 0 N–H and O–H groups in total. The van der Waals surface area contributed by atoms with Crippen LogP contribution >= 0.6 is 10.5 Å². The predicted octanol–water partition coefficient (Wildman–Crippen LogP) is 6.05. The van der Waals surface area contributed by atoms with Crippen molar-refractivity contribution in [1.29, 1.82) is 0 Å². The third-order valence-corrected chi connectivity index (χ3v) is 7.00. The number of aldehydes is 1. The van der Waals surface area contributed by atoms with Crippen molar-refractivity contribution >= 4 is 22.6 Å². The summed E-state index contributed by atoms with van der Waals surface area (Å²) in [4.78, 5) is 13.0. The Bertz CT molecular complexity index is 779. The van der Waals surface area contributed by atoms with Crippen LogP contribution in [0.4, 0.5) is 0 Å². The molecule has 2 nitrogen and oxygen atoms in total. The molecule has 0 amide bonds. The quantitative estimate of drug-likeness (QED) is 0.368. The van der Waals surface area contributed by atoms with Gasteiger partial charge in [-0.2, -0.15) is 10.5 Å². The molecule has 146 valence electrons.